The molecule has 0 saturated heterocycles. The Hall–Kier alpha value is -1.79. The van der Waals surface area contributed by atoms with Gasteiger partial charge < -0.3 is 5.73 Å². The molecular formula is C13H16N2O. The van der Waals surface area contributed by atoms with Crippen LogP contribution < -0.4 is 5.73 Å². The first-order valence-corrected chi connectivity index (χ1v) is 5.16. The van der Waals surface area contributed by atoms with Gasteiger partial charge in [-0.15, -0.1) is 6.42 Å². The lowest BCUT2D eigenvalue weighted by Crippen LogP contribution is -2.36. The summed E-state index contributed by atoms with van der Waals surface area (Å²) in [5, 5.41) is 0. The first-order valence-electron chi connectivity index (χ1n) is 5.16. The van der Waals surface area contributed by atoms with E-state index in [0.29, 0.717) is 6.54 Å². The van der Waals surface area contributed by atoms with Crippen LogP contribution in [-0.4, -0.2) is 23.9 Å². The zero-order valence-corrected chi connectivity index (χ0v) is 9.39. The van der Waals surface area contributed by atoms with E-state index in [1.165, 1.54) is 0 Å². The van der Waals surface area contributed by atoms with Crippen molar-refractivity contribution >= 4 is 5.91 Å². The molecule has 0 aromatic heterocycles. The Balaban J connectivity index is 2.79. The van der Waals surface area contributed by atoms with Crippen LogP contribution in [0.25, 0.3) is 0 Å². The minimum absolute atomic E-state index is 0.0877. The van der Waals surface area contributed by atoms with Crippen molar-refractivity contribution in [1.82, 2.24) is 4.90 Å². The van der Waals surface area contributed by atoms with E-state index >= 15 is 0 Å². The van der Waals surface area contributed by atoms with Crippen LogP contribution in [-0.2, 0) is 4.79 Å². The Morgan fingerprint density at radius 2 is 2.12 bits per heavy atom. The molecule has 0 spiro atoms. The molecule has 0 heterocycles. The van der Waals surface area contributed by atoms with Gasteiger partial charge >= 0.3 is 0 Å². The minimum atomic E-state index is -0.363. The number of terminal acetylenes is 1. The number of carbonyl (C=O) groups is 1. The highest BCUT2D eigenvalue weighted by Gasteiger charge is 2.16. The molecule has 3 heteroatoms. The van der Waals surface area contributed by atoms with E-state index in [4.69, 9.17) is 12.2 Å². The molecule has 84 valence electrons. The quantitative estimate of drug-likeness (QED) is 0.751. The molecule has 2 N–H and O–H groups in total. The van der Waals surface area contributed by atoms with Crippen LogP contribution in [0.3, 0.4) is 0 Å². The van der Waals surface area contributed by atoms with Gasteiger partial charge in [0.1, 0.15) is 0 Å². The lowest BCUT2D eigenvalue weighted by Gasteiger charge is -2.26. The zero-order valence-electron chi connectivity index (χ0n) is 9.39. The van der Waals surface area contributed by atoms with Crippen LogP contribution in [0, 0.1) is 12.3 Å². The molecule has 0 aliphatic heterocycles. The molecule has 1 amide bonds. The molecule has 1 aromatic carbocycles. The lowest BCUT2D eigenvalue weighted by molar-refractivity contribution is -0.119. The van der Waals surface area contributed by atoms with Gasteiger partial charge in [-0.05, 0) is 12.5 Å². The molecule has 0 aliphatic rings. The SMILES string of the molecule is C#CCN(CC(N)=O)[C@H](C)c1ccccc1. The van der Waals surface area contributed by atoms with Crippen molar-refractivity contribution in [2.24, 2.45) is 5.73 Å². The monoisotopic (exact) mass is 216 g/mol. The van der Waals surface area contributed by atoms with Gasteiger partial charge in [0.15, 0.2) is 0 Å². The molecule has 0 saturated carbocycles. The summed E-state index contributed by atoms with van der Waals surface area (Å²) in [7, 11) is 0. The molecule has 3 nitrogen and oxygen atoms in total. The molecule has 1 aromatic rings. The third-order valence-electron chi connectivity index (χ3n) is 2.48. The number of carbonyl (C=O) groups excluding carboxylic acids is 1. The second-order valence-corrected chi connectivity index (χ2v) is 3.66. The Bertz CT molecular complexity index is 381. The number of hydrogen-bond acceptors (Lipinski definition) is 2. The van der Waals surface area contributed by atoms with E-state index in [0.717, 1.165) is 5.56 Å². The largest absolute Gasteiger partial charge is 0.369 e. The van der Waals surface area contributed by atoms with Crippen LogP contribution in [0.2, 0.25) is 0 Å². The molecule has 1 rings (SSSR count). The number of amides is 1. The molecule has 0 radical (unpaired) electrons. The number of hydrogen-bond donors (Lipinski definition) is 1. The summed E-state index contributed by atoms with van der Waals surface area (Å²) >= 11 is 0. The van der Waals surface area contributed by atoms with Gasteiger partial charge in [-0.25, -0.2) is 0 Å². The summed E-state index contributed by atoms with van der Waals surface area (Å²) in [6.45, 7) is 2.61. The fourth-order valence-corrected chi connectivity index (χ4v) is 1.59. The molecule has 0 fully saturated rings. The number of rotatable bonds is 5. The van der Waals surface area contributed by atoms with Gasteiger partial charge in [-0.3, -0.25) is 9.69 Å². The van der Waals surface area contributed by atoms with Crippen molar-refractivity contribution in [3.63, 3.8) is 0 Å². The van der Waals surface area contributed by atoms with Crippen molar-refractivity contribution in [3.05, 3.63) is 35.9 Å². The Morgan fingerprint density at radius 3 is 2.62 bits per heavy atom. The standard InChI is InChI=1S/C13H16N2O/c1-3-9-15(10-13(14)16)11(2)12-7-5-4-6-8-12/h1,4-8,11H,9-10H2,2H3,(H2,14,16)/t11-/m1/s1. The summed E-state index contributed by atoms with van der Waals surface area (Å²) in [5.41, 5.74) is 6.31. The van der Waals surface area contributed by atoms with Crippen LogP contribution in [0.4, 0.5) is 0 Å². The summed E-state index contributed by atoms with van der Waals surface area (Å²) < 4.78 is 0. The third kappa shape index (κ3) is 3.41. The summed E-state index contributed by atoms with van der Waals surface area (Å²) in [6, 6.07) is 9.99. The predicted molar refractivity (Wildman–Crippen MR) is 64.5 cm³/mol. The number of nitrogens with zero attached hydrogens (tertiary/aromatic N) is 1. The van der Waals surface area contributed by atoms with E-state index in [2.05, 4.69) is 5.92 Å². The average Bonchev–Trinajstić information content (AvgIpc) is 2.28. The van der Waals surface area contributed by atoms with Crippen LogP contribution >= 0.6 is 0 Å². The topological polar surface area (TPSA) is 46.3 Å². The molecule has 0 unspecified atom stereocenters. The molecular weight excluding hydrogens is 200 g/mol. The van der Waals surface area contributed by atoms with Crippen molar-refractivity contribution in [1.29, 1.82) is 0 Å². The Morgan fingerprint density at radius 1 is 1.50 bits per heavy atom. The van der Waals surface area contributed by atoms with Gasteiger partial charge in [0, 0.05) is 6.04 Å². The maximum absolute atomic E-state index is 10.9. The predicted octanol–water partition coefficient (Wildman–Crippen LogP) is 1.17. The Labute approximate surface area is 96.2 Å². The van der Waals surface area contributed by atoms with E-state index < -0.39 is 0 Å². The number of benzene rings is 1. The van der Waals surface area contributed by atoms with Gasteiger partial charge in [0.2, 0.25) is 5.91 Å². The zero-order chi connectivity index (χ0) is 12.0. The van der Waals surface area contributed by atoms with E-state index in [1.807, 2.05) is 42.2 Å². The fraction of sp³-hybridized carbons (Fsp3) is 0.308. The van der Waals surface area contributed by atoms with Crippen molar-refractivity contribution in [2.75, 3.05) is 13.1 Å². The molecule has 16 heavy (non-hydrogen) atoms. The normalized spacial score (nSPS) is 12.1. The van der Waals surface area contributed by atoms with Crippen molar-refractivity contribution < 1.29 is 4.79 Å². The highest BCUT2D eigenvalue weighted by molar-refractivity contribution is 5.76. The van der Waals surface area contributed by atoms with Crippen LogP contribution in [0.1, 0.15) is 18.5 Å². The van der Waals surface area contributed by atoms with Crippen LogP contribution in [0.15, 0.2) is 30.3 Å². The van der Waals surface area contributed by atoms with E-state index in [9.17, 15) is 4.79 Å². The molecule has 0 aliphatic carbocycles. The van der Waals surface area contributed by atoms with Gasteiger partial charge in [-0.2, -0.15) is 0 Å². The van der Waals surface area contributed by atoms with Gasteiger partial charge in [0.05, 0.1) is 13.1 Å². The van der Waals surface area contributed by atoms with E-state index in [-0.39, 0.29) is 18.5 Å². The highest BCUT2D eigenvalue weighted by atomic mass is 16.1. The van der Waals surface area contributed by atoms with E-state index in [1.54, 1.807) is 0 Å². The highest BCUT2D eigenvalue weighted by Crippen LogP contribution is 2.18. The third-order valence-corrected chi connectivity index (χ3v) is 2.48. The fourth-order valence-electron chi connectivity index (χ4n) is 1.59. The number of primary amides is 1. The smallest absolute Gasteiger partial charge is 0.231 e. The second kappa shape index (κ2) is 5.94. The summed E-state index contributed by atoms with van der Waals surface area (Å²) in [5.74, 6) is 2.18. The second-order valence-electron chi connectivity index (χ2n) is 3.66. The Kier molecular flexibility index (Phi) is 4.56. The maximum Gasteiger partial charge on any atom is 0.231 e. The van der Waals surface area contributed by atoms with Gasteiger partial charge in [-0.1, -0.05) is 36.3 Å². The minimum Gasteiger partial charge on any atom is -0.369 e. The van der Waals surface area contributed by atoms with Crippen LogP contribution in [0.5, 0.6) is 0 Å². The maximum atomic E-state index is 10.9. The summed E-state index contributed by atoms with van der Waals surface area (Å²) in [4.78, 5) is 12.8. The average molecular weight is 216 g/mol. The lowest BCUT2D eigenvalue weighted by atomic mass is 10.1. The first kappa shape index (κ1) is 12.3. The molecule has 1 atom stereocenters. The first-order chi connectivity index (χ1) is 7.65. The van der Waals surface area contributed by atoms with Crippen molar-refractivity contribution in [3.8, 4) is 12.3 Å². The van der Waals surface area contributed by atoms with Crippen molar-refractivity contribution in [2.45, 2.75) is 13.0 Å². The summed E-state index contributed by atoms with van der Waals surface area (Å²) in [6.07, 6.45) is 5.28. The number of nitrogens with two attached hydrogens (primary N) is 1. The molecule has 0 bridgehead atoms. The van der Waals surface area contributed by atoms with Gasteiger partial charge in [0.25, 0.3) is 0 Å².